The molecule has 1 aromatic rings. The number of rotatable bonds is 3. The number of carbonyl (C=O) groups excluding carboxylic acids is 1. The average Bonchev–Trinajstić information content (AvgIpc) is 3.35. The van der Waals surface area contributed by atoms with Gasteiger partial charge in [-0.25, -0.2) is 14.8 Å². The zero-order valence-electron chi connectivity index (χ0n) is 20.0. The van der Waals surface area contributed by atoms with Crippen molar-refractivity contribution in [2.75, 3.05) is 0 Å². The second-order valence-corrected chi connectivity index (χ2v) is 11.6. The number of hydrazone groups is 1. The smallest absolute Gasteiger partial charge is 0.334 e. The molecule has 2 unspecified atom stereocenters. The number of allylic oxidation sites excluding steroid dienone is 3. The van der Waals surface area contributed by atoms with Gasteiger partial charge in [0, 0.05) is 22.3 Å². The van der Waals surface area contributed by atoms with Crippen LogP contribution in [0.5, 0.6) is 0 Å². The summed E-state index contributed by atoms with van der Waals surface area (Å²) in [4.78, 5) is 20.0. The van der Waals surface area contributed by atoms with Crippen LogP contribution in [0.1, 0.15) is 63.6 Å². The van der Waals surface area contributed by atoms with Gasteiger partial charge >= 0.3 is 5.97 Å². The van der Waals surface area contributed by atoms with Crippen molar-refractivity contribution in [1.82, 2.24) is 20.2 Å². The Hall–Kier alpha value is -2.58. The zero-order valence-corrected chi connectivity index (χ0v) is 21.5. The molecule has 1 aromatic heterocycles. The molecule has 0 radical (unpaired) electrons. The van der Waals surface area contributed by atoms with E-state index >= 15 is 0 Å². The van der Waals surface area contributed by atoms with Gasteiger partial charge in [0.1, 0.15) is 17.8 Å². The molecule has 4 aliphatic rings. The lowest BCUT2D eigenvalue weighted by Crippen LogP contribution is -2.45. The van der Waals surface area contributed by atoms with Crippen LogP contribution in [0.25, 0.3) is 5.57 Å². The van der Waals surface area contributed by atoms with Gasteiger partial charge in [-0.2, -0.15) is 5.10 Å². The van der Waals surface area contributed by atoms with Crippen LogP contribution in [0.4, 0.5) is 0 Å². The van der Waals surface area contributed by atoms with E-state index in [9.17, 15) is 4.79 Å². The van der Waals surface area contributed by atoms with Crippen molar-refractivity contribution in [3.63, 3.8) is 0 Å². The van der Waals surface area contributed by atoms with Crippen molar-refractivity contribution < 1.29 is 9.53 Å². The van der Waals surface area contributed by atoms with Crippen molar-refractivity contribution in [2.24, 2.45) is 5.10 Å². The Morgan fingerprint density at radius 3 is 2.79 bits per heavy atom. The van der Waals surface area contributed by atoms with E-state index in [1.807, 2.05) is 49.9 Å². The molecule has 0 amide bonds. The maximum absolute atomic E-state index is 13.4. The molecule has 3 heterocycles. The largest absolute Gasteiger partial charge is 0.458 e. The number of hydrogen-bond donors (Lipinski definition) is 1. The van der Waals surface area contributed by atoms with E-state index in [2.05, 4.69) is 21.8 Å². The van der Waals surface area contributed by atoms with Crippen molar-refractivity contribution in [3.8, 4) is 0 Å². The molecule has 5 rings (SSSR count). The molecule has 2 aliphatic carbocycles. The molecule has 180 valence electrons. The second-order valence-electron chi connectivity index (χ2n) is 10.0. The van der Waals surface area contributed by atoms with E-state index in [4.69, 9.17) is 21.4 Å². The summed E-state index contributed by atoms with van der Waals surface area (Å²) in [7, 11) is 0. The second kappa shape index (κ2) is 8.89. The number of hydrogen-bond acceptors (Lipinski definition) is 8. The zero-order chi connectivity index (χ0) is 24.0. The van der Waals surface area contributed by atoms with E-state index in [0.29, 0.717) is 12.8 Å². The van der Waals surface area contributed by atoms with Crippen LogP contribution in [-0.2, 0) is 9.53 Å². The number of halogens is 1. The van der Waals surface area contributed by atoms with Crippen LogP contribution >= 0.6 is 22.9 Å². The molecule has 34 heavy (non-hydrogen) atoms. The van der Waals surface area contributed by atoms with Gasteiger partial charge in [-0.15, -0.1) is 11.3 Å². The molecule has 0 aromatic carbocycles. The van der Waals surface area contributed by atoms with Gasteiger partial charge in [0.15, 0.2) is 6.04 Å². The molecule has 2 atom stereocenters. The number of ether oxygens (including phenoxy) is 1. The Labute approximate surface area is 209 Å². The molecule has 1 N–H and O–H groups in total. The van der Waals surface area contributed by atoms with Crippen LogP contribution in [-0.4, -0.2) is 44.9 Å². The van der Waals surface area contributed by atoms with Crippen molar-refractivity contribution in [2.45, 2.75) is 77.5 Å². The Morgan fingerprint density at radius 2 is 2.12 bits per heavy atom. The van der Waals surface area contributed by atoms with Crippen molar-refractivity contribution in [1.29, 1.82) is 0 Å². The highest BCUT2D eigenvalue weighted by atomic mass is 35.5. The molecule has 7 nitrogen and oxygen atoms in total. The van der Waals surface area contributed by atoms with E-state index in [1.165, 1.54) is 5.57 Å². The first-order chi connectivity index (χ1) is 16.2. The molecule has 9 heteroatoms. The lowest BCUT2D eigenvalue weighted by atomic mass is 9.93. The highest BCUT2D eigenvalue weighted by Crippen LogP contribution is 2.38. The van der Waals surface area contributed by atoms with E-state index in [1.54, 1.807) is 17.7 Å². The van der Waals surface area contributed by atoms with Gasteiger partial charge in [-0.05, 0) is 77.0 Å². The van der Waals surface area contributed by atoms with Crippen molar-refractivity contribution in [3.05, 3.63) is 56.6 Å². The molecule has 2 aliphatic heterocycles. The first-order valence-corrected chi connectivity index (χ1v) is 13.0. The Morgan fingerprint density at radius 1 is 1.29 bits per heavy atom. The fourth-order valence-electron chi connectivity index (χ4n) is 4.81. The highest BCUT2D eigenvalue weighted by molar-refractivity contribution is 7.09. The van der Waals surface area contributed by atoms with Crippen LogP contribution in [0.15, 0.2) is 51.0 Å². The number of fused-ring (bicyclic) bond motifs is 1. The minimum atomic E-state index is -0.585. The summed E-state index contributed by atoms with van der Waals surface area (Å²) in [5.41, 5.74) is 3.65. The maximum Gasteiger partial charge on any atom is 0.334 e. The van der Waals surface area contributed by atoms with Gasteiger partial charge in [0.2, 0.25) is 0 Å². The normalized spacial score (nSPS) is 24.6. The molecular weight excluding hydrogens is 470 g/mol. The average molecular weight is 500 g/mol. The molecular formula is C25H30ClN5O2S. The number of nitrogens with one attached hydrogen (secondary N) is 1. The third-order valence-corrected chi connectivity index (χ3v) is 7.42. The highest BCUT2D eigenvalue weighted by Gasteiger charge is 2.42. The molecule has 0 bridgehead atoms. The molecule has 0 saturated carbocycles. The fourth-order valence-corrected chi connectivity index (χ4v) is 5.65. The summed E-state index contributed by atoms with van der Waals surface area (Å²) in [5, 5.41) is 14.2. The fraction of sp³-hybridized carbons (Fsp3) is 0.480. The first-order valence-electron chi connectivity index (χ1n) is 11.7. The Bertz CT molecular complexity index is 1160. The SMILES string of the molecule is Cc1nc(C2=CCC(N3N=CN4C3=CNC3=C(CCC(Cl)=C3)C4C(=O)OC(C)(C)C)CC2)cs1. The predicted octanol–water partition coefficient (Wildman–Crippen LogP) is 5.23. The Balaban J connectivity index is 1.41. The Kier molecular flexibility index (Phi) is 6.06. The maximum atomic E-state index is 13.4. The van der Waals surface area contributed by atoms with E-state index in [-0.39, 0.29) is 12.0 Å². The quantitative estimate of drug-likeness (QED) is 0.574. The number of aromatic nitrogens is 1. The first kappa shape index (κ1) is 23.2. The van der Waals surface area contributed by atoms with E-state index < -0.39 is 11.6 Å². The van der Waals surface area contributed by atoms with Gasteiger partial charge in [-0.3, -0.25) is 4.90 Å². The van der Waals surface area contributed by atoms with Gasteiger partial charge < -0.3 is 10.1 Å². The standard InChI is InChI=1S/C25H30ClN5O2S/c1-15-29-21(13-34-15)16-5-8-18(9-6-16)31-22-12-27-20-11-17(26)7-10-19(20)23(30(22)14-28-31)24(32)33-25(2,3)4/h5,11-14,18,23,27H,6-10H2,1-4H3. The van der Waals surface area contributed by atoms with Crippen LogP contribution < -0.4 is 5.32 Å². The molecule has 0 spiro atoms. The number of thiazole rings is 1. The van der Waals surface area contributed by atoms with Crippen LogP contribution in [0.2, 0.25) is 0 Å². The summed E-state index contributed by atoms with van der Waals surface area (Å²) in [6.45, 7) is 7.72. The number of aryl methyl sites for hydroxylation is 1. The van der Waals surface area contributed by atoms with Gasteiger partial charge in [-0.1, -0.05) is 17.7 Å². The monoisotopic (exact) mass is 499 g/mol. The minimum Gasteiger partial charge on any atom is -0.458 e. The summed E-state index contributed by atoms with van der Waals surface area (Å²) in [6, 6.07) is -0.385. The number of nitrogens with zero attached hydrogens (tertiary/aromatic N) is 4. The predicted molar refractivity (Wildman–Crippen MR) is 136 cm³/mol. The number of esters is 1. The minimum absolute atomic E-state index is 0.200. The third kappa shape index (κ3) is 4.53. The summed E-state index contributed by atoms with van der Waals surface area (Å²) in [6.07, 6.45) is 12.1. The third-order valence-electron chi connectivity index (χ3n) is 6.35. The van der Waals surface area contributed by atoms with Crippen molar-refractivity contribution >= 4 is 40.8 Å². The van der Waals surface area contributed by atoms with Crippen LogP contribution in [0.3, 0.4) is 0 Å². The molecule has 0 saturated heterocycles. The summed E-state index contributed by atoms with van der Waals surface area (Å²) in [5.74, 6) is 0.570. The summed E-state index contributed by atoms with van der Waals surface area (Å²) >= 11 is 8.03. The lowest BCUT2D eigenvalue weighted by Gasteiger charge is -2.34. The lowest BCUT2D eigenvalue weighted by molar-refractivity contribution is -0.158. The number of carbonyl (C=O) groups is 1. The van der Waals surface area contributed by atoms with Gasteiger partial charge in [0.05, 0.1) is 16.7 Å². The van der Waals surface area contributed by atoms with Crippen LogP contribution in [0, 0.1) is 6.92 Å². The van der Waals surface area contributed by atoms with E-state index in [0.717, 1.165) is 52.1 Å². The van der Waals surface area contributed by atoms with Gasteiger partial charge in [0.25, 0.3) is 0 Å². The molecule has 0 fully saturated rings. The summed E-state index contributed by atoms with van der Waals surface area (Å²) < 4.78 is 5.84. The topological polar surface area (TPSA) is 70.1 Å².